The predicted octanol–water partition coefficient (Wildman–Crippen LogP) is 2.80. The van der Waals surface area contributed by atoms with Gasteiger partial charge in [-0.05, 0) is 32.4 Å². The van der Waals surface area contributed by atoms with E-state index in [0.717, 1.165) is 11.3 Å². The van der Waals surface area contributed by atoms with Gasteiger partial charge < -0.3 is 9.64 Å². The second-order valence-corrected chi connectivity index (χ2v) is 6.24. The largest absolute Gasteiger partial charge is 0.372 e. The molecule has 0 saturated carbocycles. The molecule has 1 amide bonds. The minimum atomic E-state index is -0.00591. The summed E-state index contributed by atoms with van der Waals surface area (Å²) in [7, 11) is 0. The summed E-state index contributed by atoms with van der Waals surface area (Å²) in [5.74, 6) is -0.00591. The predicted molar refractivity (Wildman–Crippen MR) is 85.5 cm³/mol. The highest BCUT2D eigenvalue weighted by Crippen LogP contribution is 2.21. The maximum absolute atomic E-state index is 13.0. The van der Waals surface area contributed by atoms with Crippen LogP contribution in [0.3, 0.4) is 0 Å². The zero-order valence-electron chi connectivity index (χ0n) is 13.0. The number of pyridine rings is 1. The molecule has 118 valence electrons. The number of hydrogen-bond acceptors (Lipinski definition) is 3. The summed E-state index contributed by atoms with van der Waals surface area (Å²) in [6.45, 7) is 7.18. The van der Waals surface area contributed by atoms with Crippen LogP contribution in [0.2, 0.25) is 5.02 Å². The molecule has 1 aliphatic rings. The summed E-state index contributed by atoms with van der Waals surface area (Å²) in [5, 5.41) is 0.588. The van der Waals surface area contributed by atoms with E-state index in [-0.39, 0.29) is 18.1 Å². The summed E-state index contributed by atoms with van der Waals surface area (Å²) in [6.07, 6.45) is 2.54. The molecule has 2 aromatic heterocycles. The number of hydrogen-bond donors (Lipinski definition) is 0. The Labute approximate surface area is 134 Å². The second kappa shape index (κ2) is 5.89. The van der Waals surface area contributed by atoms with Gasteiger partial charge in [-0.25, -0.2) is 4.98 Å². The molecule has 0 bridgehead atoms. The number of aryl methyl sites for hydroxylation is 1. The first-order valence-corrected chi connectivity index (χ1v) is 7.98. The van der Waals surface area contributed by atoms with Crippen molar-refractivity contribution in [1.82, 2.24) is 14.3 Å². The maximum Gasteiger partial charge on any atom is 0.272 e. The van der Waals surface area contributed by atoms with Gasteiger partial charge in [-0.2, -0.15) is 0 Å². The Hall–Kier alpha value is -1.59. The Balaban J connectivity index is 2.04. The van der Waals surface area contributed by atoms with Crippen molar-refractivity contribution in [2.24, 2.45) is 0 Å². The van der Waals surface area contributed by atoms with E-state index in [1.54, 1.807) is 16.7 Å². The van der Waals surface area contributed by atoms with Crippen molar-refractivity contribution < 1.29 is 9.53 Å². The zero-order valence-corrected chi connectivity index (χ0v) is 13.8. The lowest BCUT2D eigenvalue weighted by atomic mass is 10.2. The van der Waals surface area contributed by atoms with Gasteiger partial charge in [0.05, 0.1) is 22.9 Å². The molecule has 2 atom stereocenters. The number of imidazole rings is 1. The van der Waals surface area contributed by atoms with Gasteiger partial charge in [-0.1, -0.05) is 18.5 Å². The van der Waals surface area contributed by atoms with Crippen molar-refractivity contribution in [2.75, 3.05) is 13.1 Å². The van der Waals surface area contributed by atoms with Crippen molar-refractivity contribution in [1.29, 1.82) is 0 Å². The topological polar surface area (TPSA) is 46.8 Å². The lowest BCUT2D eigenvalue weighted by molar-refractivity contribution is -0.0587. The number of carbonyl (C=O) groups excluding carboxylic acids is 1. The van der Waals surface area contributed by atoms with Crippen molar-refractivity contribution in [2.45, 2.75) is 39.4 Å². The Morgan fingerprint density at radius 3 is 2.68 bits per heavy atom. The van der Waals surface area contributed by atoms with Gasteiger partial charge in [-0.3, -0.25) is 9.20 Å². The molecule has 2 aromatic rings. The van der Waals surface area contributed by atoms with E-state index in [0.29, 0.717) is 30.2 Å². The van der Waals surface area contributed by atoms with Gasteiger partial charge in [0.2, 0.25) is 0 Å². The maximum atomic E-state index is 13.0. The third kappa shape index (κ3) is 2.71. The molecule has 0 N–H and O–H groups in total. The van der Waals surface area contributed by atoms with Gasteiger partial charge in [0, 0.05) is 19.3 Å². The number of carbonyl (C=O) groups is 1. The molecule has 1 saturated heterocycles. The quantitative estimate of drug-likeness (QED) is 0.854. The standard InChI is InChI=1S/C16H20ClN3O2/c1-4-13-15(20-9-12(17)5-6-14(20)18-13)16(21)19-7-10(2)22-11(3)8-19/h5-6,9-11H,4,7-8H2,1-3H3. The minimum Gasteiger partial charge on any atom is -0.372 e. The van der Waals surface area contributed by atoms with Crippen molar-refractivity contribution in [3.8, 4) is 0 Å². The van der Waals surface area contributed by atoms with E-state index in [1.165, 1.54) is 0 Å². The smallest absolute Gasteiger partial charge is 0.272 e. The molecule has 22 heavy (non-hydrogen) atoms. The molecule has 0 spiro atoms. The highest BCUT2D eigenvalue weighted by Gasteiger charge is 2.30. The van der Waals surface area contributed by atoms with E-state index in [4.69, 9.17) is 16.3 Å². The average Bonchev–Trinajstić information content (AvgIpc) is 2.83. The SMILES string of the molecule is CCc1nc2ccc(Cl)cn2c1C(=O)N1CC(C)OC(C)C1. The lowest BCUT2D eigenvalue weighted by Crippen LogP contribution is -2.48. The highest BCUT2D eigenvalue weighted by molar-refractivity contribution is 6.30. The number of aromatic nitrogens is 2. The first kappa shape index (κ1) is 15.3. The Morgan fingerprint density at radius 1 is 1.36 bits per heavy atom. The molecule has 3 heterocycles. The normalized spacial score (nSPS) is 22.3. The van der Waals surface area contributed by atoms with Crippen LogP contribution in [0.15, 0.2) is 18.3 Å². The number of halogens is 1. The molecule has 0 aliphatic carbocycles. The fourth-order valence-electron chi connectivity index (χ4n) is 3.03. The van der Waals surface area contributed by atoms with Gasteiger partial charge in [0.1, 0.15) is 11.3 Å². The summed E-state index contributed by atoms with van der Waals surface area (Å²) >= 11 is 6.09. The molecule has 3 rings (SSSR count). The first-order chi connectivity index (χ1) is 10.5. The molecular formula is C16H20ClN3O2. The van der Waals surface area contributed by atoms with Crippen LogP contribution in [0, 0.1) is 0 Å². The molecule has 0 radical (unpaired) electrons. The minimum absolute atomic E-state index is 0.00591. The number of fused-ring (bicyclic) bond motifs is 1. The van der Waals surface area contributed by atoms with Crippen LogP contribution in [0.25, 0.3) is 5.65 Å². The van der Waals surface area contributed by atoms with Gasteiger partial charge in [0.25, 0.3) is 5.91 Å². The number of rotatable bonds is 2. The van der Waals surface area contributed by atoms with E-state index in [2.05, 4.69) is 4.98 Å². The second-order valence-electron chi connectivity index (χ2n) is 5.80. The van der Waals surface area contributed by atoms with Gasteiger partial charge in [-0.15, -0.1) is 0 Å². The van der Waals surface area contributed by atoms with E-state index < -0.39 is 0 Å². The Kier molecular flexibility index (Phi) is 4.10. The van der Waals surface area contributed by atoms with Crippen LogP contribution < -0.4 is 0 Å². The molecular weight excluding hydrogens is 302 g/mol. The highest BCUT2D eigenvalue weighted by atomic mass is 35.5. The summed E-state index contributed by atoms with van der Waals surface area (Å²) in [5.41, 5.74) is 2.17. The van der Waals surface area contributed by atoms with Crippen molar-refractivity contribution >= 4 is 23.2 Å². The number of morpholine rings is 1. The van der Waals surface area contributed by atoms with E-state index in [1.807, 2.05) is 31.7 Å². The Bertz CT molecular complexity index is 703. The van der Waals surface area contributed by atoms with Gasteiger partial charge in [0.15, 0.2) is 0 Å². The van der Waals surface area contributed by atoms with E-state index in [9.17, 15) is 4.79 Å². The third-order valence-corrected chi connectivity index (χ3v) is 4.12. The van der Waals surface area contributed by atoms with Crippen LogP contribution in [-0.4, -0.2) is 45.5 Å². The fraction of sp³-hybridized carbons (Fsp3) is 0.500. The fourth-order valence-corrected chi connectivity index (χ4v) is 3.19. The number of ether oxygens (including phenoxy) is 1. The van der Waals surface area contributed by atoms with E-state index >= 15 is 0 Å². The summed E-state index contributed by atoms with van der Waals surface area (Å²) in [4.78, 5) is 19.4. The van der Waals surface area contributed by atoms with Crippen LogP contribution in [0.1, 0.15) is 37.0 Å². The zero-order chi connectivity index (χ0) is 15.9. The molecule has 2 unspecified atom stereocenters. The summed E-state index contributed by atoms with van der Waals surface area (Å²) in [6, 6.07) is 3.62. The van der Waals surface area contributed by atoms with Crippen molar-refractivity contribution in [3.63, 3.8) is 0 Å². The number of amides is 1. The molecule has 0 aromatic carbocycles. The van der Waals surface area contributed by atoms with Crippen LogP contribution in [0.5, 0.6) is 0 Å². The van der Waals surface area contributed by atoms with Crippen LogP contribution in [0.4, 0.5) is 0 Å². The molecule has 5 nitrogen and oxygen atoms in total. The Morgan fingerprint density at radius 2 is 2.05 bits per heavy atom. The molecule has 6 heteroatoms. The average molecular weight is 322 g/mol. The summed E-state index contributed by atoms with van der Waals surface area (Å²) < 4.78 is 7.51. The molecule has 1 aliphatic heterocycles. The number of nitrogens with zero attached hydrogens (tertiary/aromatic N) is 3. The molecule has 1 fully saturated rings. The van der Waals surface area contributed by atoms with Gasteiger partial charge >= 0.3 is 0 Å². The third-order valence-electron chi connectivity index (χ3n) is 3.90. The first-order valence-electron chi connectivity index (χ1n) is 7.60. The van der Waals surface area contributed by atoms with Crippen molar-refractivity contribution in [3.05, 3.63) is 34.7 Å². The lowest BCUT2D eigenvalue weighted by Gasteiger charge is -2.35. The van der Waals surface area contributed by atoms with Crippen LogP contribution >= 0.6 is 11.6 Å². The van der Waals surface area contributed by atoms with Crippen LogP contribution in [-0.2, 0) is 11.2 Å². The monoisotopic (exact) mass is 321 g/mol.